The Morgan fingerprint density at radius 2 is 2.22 bits per heavy atom. The van der Waals surface area contributed by atoms with Gasteiger partial charge in [-0.3, -0.25) is 0 Å². The lowest BCUT2D eigenvalue weighted by Crippen LogP contribution is -2.36. The first kappa shape index (κ1) is 14.9. The van der Waals surface area contributed by atoms with Crippen molar-refractivity contribution >= 4 is 0 Å². The van der Waals surface area contributed by atoms with Crippen molar-refractivity contribution in [2.24, 2.45) is 0 Å². The number of aliphatic hydroxyl groups is 1. The first-order valence-corrected chi connectivity index (χ1v) is 6.40. The summed E-state index contributed by atoms with van der Waals surface area (Å²) in [7, 11) is 0. The summed E-state index contributed by atoms with van der Waals surface area (Å²) in [4.78, 5) is 0. The van der Waals surface area contributed by atoms with Crippen molar-refractivity contribution in [1.29, 1.82) is 0 Å². The molecule has 102 valence electrons. The van der Waals surface area contributed by atoms with Crippen molar-refractivity contribution in [3.05, 3.63) is 29.6 Å². The van der Waals surface area contributed by atoms with Gasteiger partial charge in [0.15, 0.2) is 0 Å². The predicted molar refractivity (Wildman–Crippen MR) is 70.4 cm³/mol. The third kappa shape index (κ3) is 5.02. The van der Waals surface area contributed by atoms with Crippen LogP contribution in [0.15, 0.2) is 18.2 Å². The van der Waals surface area contributed by atoms with Crippen molar-refractivity contribution in [3.63, 3.8) is 0 Å². The summed E-state index contributed by atoms with van der Waals surface area (Å²) in [6.07, 6.45) is 1.69. The Balaban J connectivity index is 2.49. The van der Waals surface area contributed by atoms with Crippen LogP contribution in [-0.4, -0.2) is 30.9 Å². The van der Waals surface area contributed by atoms with Gasteiger partial charge in [-0.15, -0.1) is 0 Å². The molecule has 0 amide bonds. The van der Waals surface area contributed by atoms with E-state index in [9.17, 15) is 4.39 Å². The van der Waals surface area contributed by atoms with Gasteiger partial charge in [0.2, 0.25) is 0 Å². The summed E-state index contributed by atoms with van der Waals surface area (Å²) in [6.45, 7) is 5.42. The average Bonchev–Trinajstić information content (AvgIpc) is 2.34. The third-order valence-corrected chi connectivity index (χ3v) is 2.74. The molecular weight excluding hydrogens is 233 g/mol. The molecule has 0 radical (unpaired) electrons. The van der Waals surface area contributed by atoms with Crippen LogP contribution in [0.5, 0.6) is 5.75 Å². The second-order valence-electron chi connectivity index (χ2n) is 4.38. The molecule has 0 saturated heterocycles. The predicted octanol–water partition coefficient (Wildman–Crippen LogP) is 2.26. The van der Waals surface area contributed by atoms with E-state index >= 15 is 0 Å². The zero-order chi connectivity index (χ0) is 13.4. The minimum absolute atomic E-state index is 0.124. The number of aryl methyl sites for hydroxylation is 1. The third-order valence-electron chi connectivity index (χ3n) is 2.74. The second kappa shape index (κ2) is 8.06. The van der Waals surface area contributed by atoms with E-state index in [1.165, 1.54) is 12.1 Å². The van der Waals surface area contributed by atoms with Gasteiger partial charge >= 0.3 is 0 Å². The molecule has 1 rings (SSSR count). The SMILES string of the molecule is CCCNC(CCO)COc1ccc(F)cc1C. The fourth-order valence-electron chi connectivity index (χ4n) is 1.71. The van der Waals surface area contributed by atoms with Crippen molar-refractivity contribution in [2.75, 3.05) is 19.8 Å². The van der Waals surface area contributed by atoms with E-state index in [2.05, 4.69) is 12.2 Å². The molecule has 18 heavy (non-hydrogen) atoms. The van der Waals surface area contributed by atoms with E-state index in [0.717, 1.165) is 18.5 Å². The van der Waals surface area contributed by atoms with Crippen molar-refractivity contribution in [1.82, 2.24) is 5.32 Å². The molecule has 0 aliphatic heterocycles. The van der Waals surface area contributed by atoms with Gasteiger partial charge < -0.3 is 15.2 Å². The molecule has 1 aromatic carbocycles. The van der Waals surface area contributed by atoms with E-state index in [-0.39, 0.29) is 18.5 Å². The fraction of sp³-hybridized carbons (Fsp3) is 0.571. The first-order chi connectivity index (χ1) is 8.67. The summed E-state index contributed by atoms with van der Waals surface area (Å²) < 4.78 is 18.6. The number of hydrogen-bond donors (Lipinski definition) is 2. The summed E-state index contributed by atoms with van der Waals surface area (Å²) in [5.74, 6) is 0.438. The van der Waals surface area contributed by atoms with E-state index in [1.807, 2.05) is 6.92 Å². The molecule has 0 spiro atoms. The molecule has 3 nitrogen and oxygen atoms in total. The summed E-state index contributed by atoms with van der Waals surface area (Å²) in [6, 6.07) is 4.61. The van der Waals surface area contributed by atoms with E-state index in [0.29, 0.717) is 18.8 Å². The van der Waals surface area contributed by atoms with E-state index < -0.39 is 0 Å². The molecule has 1 atom stereocenters. The average molecular weight is 255 g/mol. The maximum Gasteiger partial charge on any atom is 0.123 e. The van der Waals surface area contributed by atoms with Crippen LogP contribution in [0, 0.1) is 12.7 Å². The van der Waals surface area contributed by atoms with E-state index in [1.54, 1.807) is 6.07 Å². The lowest BCUT2D eigenvalue weighted by atomic mass is 10.2. The first-order valence-electron chi connectivity index (χ1n) is 6.40. The molecule has 0 aliphatic carbocycles. The van der Waals surface area contributed by atoms with Crippen LogP contribution in [0.1, 0.15) is 25.3 Å². The van der Waals surface area contributed by atoms with Gasteiger partial charge in [-0.25, -0.2) is 4.39 Å². The van der Waals surface area contributed by atoms with Crippen LogP contribution in [0.25, 0.3) is 0 Å². The number of ether oxygens (including phenoxy) is 1. The smallest absolute Gasteiger partial charge is 0.123 e. The molecular formula is C14H22FNO2. The van der Waals surface area contributed by atoms with Gasteiger partial charge in [0.1, 0.15) is 18.2 Å². The number of rotatable bonds is 8. The Morgan fingerprint density at radius 3 is 2.83 bits per heavy atom. The van der Waals surface area contributed by atoms with Gasteiger partial charge in [0.05, 0.1) is 0 Å². The topological polar surface area (TPSA) is 41.5 Å². The normalized spacial score (nSPS) is 12.4. The highest BCUT2D eigenvalue weighted by molar-refractivity contribution is 5.32. The van der Waals surface area contributed by atoms with Crippen LogP contribution in [0.4, 0.5) is 4.39 Å². The van der Waals surface area contributed by atoms with Gasteiger partial charge in [0, 0.05) is 12.6 Å². The number of hydrogen-bond acceptors (Lipinski definition) is 3. The van der Waals surface area contributed by atoms with Crippen LogP contribution in [0.2, 0.25) is 0 Å². The maximum atomic E-state index is 12.9. The fourth-order valence-corrected chi connectivity index (χ4v) is 1.71. The van der Waals surface area contributed by atoms with Crippen molar-refractivity contribution < 1.29 is 14.2 Å². The summed E-state index contributed by atoms with van der Waals surface area (Å²) in [5.41, 5.74) is 0.785. The molecule has 4 heteroatoms. The molecule has 0 aromatic heterocycles. The Kier molecular flexibility index (Phi) is 6.68. The zero-order valence-corrected chi connectivity index (χ0v) is 11.1. The van der Waals surface area contributed by atoms with Gasteiger partial charge in [-0.2, -0.15) is 0 Å². The second-order valence-corrected chi connectivity index (χ2v) is 4.38. The Labute approximate surface area is 108 Å². The summed E-state index contributed by atoms with van der Waals surface area (Å²) >= 11 is 0. The van der Waals surface area contributed by atoms with Crippen LogP contribution in [0.3, 0.4) is 0 Å². The molecule has 0 saturated carbocycles. The maximum absolute atomic E-state index is 12.9. The van der Waals surface area contributed by atoms with Crippen LogP contribution < -0.4 is 10.1 Å². The highest BCUT2D eigenvalue weighted by Gasteiger charge is 2.09. The number of halogens is 1. The molecule has 0 fully saturated rings. The van der Waals surface area contributed by atoms with Crippen LogP contribution in [-0.2, 0) is 0 Å². The number of benzene rings is 1. The highest BCUT2D eigenvalue weighted by Crippen LogP contribution is 2.18. The monoisotopic (exact) mass is 255 g/mol. The minimum atomic E-state index is -0.254. The molecule has 1 unspecified atom stereocenters. The molecule has 0 aliphatic rings. The molecule has 1 aromatic rings. The molecule has 2 N–H and O–H groups in total. The zero-order valence-electron chi connectivity index (χ0n) is 11.1. The standard InChI is InChI=1S/C14H22FNO2/c1-3-7-16-13(6-8-17)10-18-14-5-4-12(15)9-11(14)2/h4-5,9,13,16-17H,3,6-8,10H2,1-2H3. The summed E-state index contributed by atoms with van der Waals surface area (Å²) in [5, 5.41) is 12.3. The lowest BCUT2D eigenvalue weighted by molar-refractivity contribution is 0.213. The molecule has 0 bridgehead atoms. The lowest BCUT2D eigenvalue weighted by Gasteiger charge is -2.19. The van der Waals surface area contributed by atoms with Gasteiger partial charge in [-0.05, 0) is 50.1 Å². The number of aliphatic hydroxyl groups excluding tert-OH is 1. The van der Waals surface area contributed by atoms with Crippen LogP contribution >= 0.6 is 0 Å². The Hall–Kier alpha value is -1.13. The minimum Gasteiger partial charge on any atom is -0.492 e. The van der Waals surface area contributed by atoms with E-state index in [4.69, 9.17) is 9.84 Å². The Morgan fingerprint density at radius 1 is 1.44 bits per heavy atom. The Bertz CT molecular complexity index is 358. The van der Waals surface area contributed by atoms with Gasteiger partial charge in [0.25, 0.3) is 0 Å². The quantitative estimate of drug-likeness (QED) is 0.748. The van der Waals surface area contributed by atoms with Crippen molar-refractivity contribution in [3.8, 4) is 5.75 Å². The molecule has 0 heterocycles. The largest absolute Gasteiger partial charge is 0.492 e. The highest BCUT2D eigenvalue weighted by atomic mass is 19.1. The number of nitrogens with one attached hydrogen (secondary N) is 1. The van der Waals surface area contributed by atoms with Gasteiger partial charge in [-0.1, -0.05) is 6.92 Å². The van der Waals surface area contributed by atoms with Crippen molar-refractivity contribution in [2.45, 2.75) is 32.7 Å².